The van der Waals surface area contributed by atoms with Crippen LogP contribution >= 0.6 is 0 Å². The zero-order valence-electron chi connectivity index (χ0n) is 19.0. The zero-order valence-corrected chi connectivity index (χ0v) is 19.0. The number of benzene rings is 2. The topological polar surface area (TPSA) is 72.0 Å². The van der Waals surface area contributed by atoms with Gasteiger partial charge in [-0.1, -0.05) is 36.4 Å². The Labute approximate surface area is 193 Å². The second-order valence-corrected chi connectivity index (χ2v) is 8.00. The minimum Gasteiger partial charge on any atom is -0.497 e. The second kappa shape index (κ2) is 9.73. The standard InChI is InChI=1S/C26H27N3O4/c1-28-13-14-29(25(30)21-11-12-24(33-3)27-17-21)23(26(28)31)15-18-7-9-19(10-8-18)20-5-4-6-22(16-20)32-2/h4-12,16-17,23H,13-15H2,1-3H3/t23-/m0/s1. The monoisotopic (exact) mass is 445 g/mol. The first-order valence-corrected chi connectivity index (χ1v) is 10.8. The van der Waals surface area contributed by atoms with Crippen molar-refractivity contribution in [2.45, 2.75) is 12.5 Å². The molecule has 33 heavy (non-hydrogen) atoms. The van der Waals surface area contributed by atoms with E-state index < -0.39 is 6.04 Å². The molecule has 7 heteroatoms. The van der Waals surface area contributed by atoms with Gasteiger partial charge in [-0.3, -0.25) is 9.59 Å². The van der Waals surface area contributed by atoms with Crippen molar-refractivity contribution < 1.29 is 19.1 Å². The predicted molar refractivity (Wildman–Crippen MR) is 125 cm³/mol. The molecular weight excluding hydrogens is 418 g/mol. The molecule has 2 aromatic carbocycles. The highest BCUT2D eigenvalue weighted by molar-refractivity contribution is 5.98. The van der Waals surface area contributed by atoms with Gasteiger partial charge in [0.05, 0.1) is 19.8 Å². The largest absolute Gasteiger partial charge is 0.497 e. The number of rotatable bonds is 6. The minimum absolute atomic E-state index is 0.0621. The lowest BCUT2D eigenvalue weighted by atomic mass is 9.98. The highest BCUT2D eigenvalue weighted by Gasteiger charge is 2.36. The molecule has 0 N–H and O–H groups in total. The third kappa shape index (κ3) is 4.82. The number of nitrogens with zero attached hydrogens (tertiary/aromatic N) is 3. The van der Waals surface area contributed by atoms with E-state index in [1.165, 1.54) is 13.3 Å². The molecule has 0 bridgehead atoms. The van der Waals surface area contributed by atoms with Gasteiger partial charge in [-0.2, -0.15) is 0 Å². The van der Waals surface area contributed by atoms with E-state index in [9.17, 15) is 9.59 Å². The van der Waals surface area contributed by atoms with Gasteiger partial charge in [0.2, 0.25) is 11.8 Å². The van der Waals surface area contributed by atoms with E-state index in [4.69, 9.17) is 9.47 Å². The number of likely N-dealkylation sites (N-methyl/N-ethyl adjacent to an activating group) is 1. The summed E-state index contributed by atoms with van der Waals surface area (Å²) in [5.41, 5.74) is 3.53. The molecule has 2 amide bonds. The Morgan fingerprint density at radius 2 is 1.79 bits per heavy atom. The Morgan fingerprint density at radius 1 is 1.00 bits per heavy atom. The van der Waals surface area contributed by atoms with Crippen LogP contribution in [0.3, 0.4) is 0 Å². The number of carbonyl (C=O) groups is 2. The lowest BCUT2D eigenvalue weighted by Gasteiger charge is -2.39. The maximum absolute atomic E-state index is 13.2. The molecule has 3 aromatic rings. The van der Waals surface area contributed by atoms with Crippen LogP contribution in [0.25, 0.3) is 11.1 Å². The summed E-state index contributed by atoms with van der Waals surface area (Å²) in [5.74, 6) is 0.973. The molecule has 1 saturated heterocycles. The summed E-state index contributed by atoms with van der Waals surface area (Å²) in [6.07, 6.45) is 1.93. The van der Waals surface area contributed by atoms with Crippen LogP contribution in [0.15, 0.2) is 66.9 Å². The molecular formula is C26H27N3O4. The number of hydrogen-bond donors (Lipinski definition) is 0. The van der Waals surface area contributed by atoms with Crippen LogP contribution in [0.2, 0.25) is 0 Å². The minimum atomic E-state index is -0.568. The molecule has 1 aliphatic rings. The number of methoxy groups -OCH3 is 2. The molecule has 2 heterocycles. The predicted octanol–water partition coefficient (Wildman–Crippen LogP) is 3.29. The normalized spacial score (nSPS) is 16.0. The first-order chi connectivity index (χ1) is 16.0. The summed E-state index contributed by atoms with van der Waals surface area (Å²) < 4.78 is 10.4. The van der Waals surface area contributed by atoms with E-state index in [0.29, 0.717) is 31.0 Å². The van der Waals surface area contributed by atoms with Gasteiger partial charge < -0.3 is 19.3 Å². The fourth-order valence-corrected chi connectivity index (χ4v) is 4.00. The molecule has 1 aliphatic heterocycles. The van der Waals surface area contributed by atoms with E-state index in [-0.39, 0.29) is 11.8 Å². The van der Waals surface area contributed by atoms with Crippen molar-refractivity contribution in [2.24, 2.45) is 0 Å². The summed E-state index contributed by atoms with van der Waals surface area (Å²) in [6, 6.07) is 18.7. The molecule has 1 atom stereocenters. The molecule has 0 spiro atoms. The van der Waals surface area contributed by atoms with E-state index >= 15 is 0 Å². The van der Waals surface area contributed by atoms with Crippen LogP contribution in [0, 0.1) is 0 Å². The Hall–Kier alpha value is -3.87. The van der Waals surface area contributed by atoms with Crippen molar-refractivity contribution >= 4 is 11.8 Å². The third-order valence-corrected chi connectivity index (χ3v) is 5.95. The van der Waals surface area contributed by atoms with Crippen molar-refractivity contribution in [3.05, 3.63) is 78.0 Å². The number of carbonyl (C=O) groups excluding carboxylic acids is 2. The SMILES string of the molecule is COc1cccc(-c2ccc(C[C@H]3C(=O)N(C)CCN3C(=O)c3ccc(OC)nc3)cc2)c1. The zero-order chi connectivity index (χ0) is 23.4. The van der Waals surface area contributed by atoms with Gasteiger partial charge >= 0.3 is 0 Å². The Morgan fingerprint density at radius 3 is 2.45 bits per heavy atom. The smallest absolute Gasteiger partial charge is 0.256 e. The molecule has 7 nitrogen and oxygen atoms in total. The molecule has 1 fully saturated rings. The Balaban J connectivity index is 1.55. The number of piperazine rings is 1. The maximum atomic E-state index is 13.2. The Bertz CT molecular complexity index is 1130. The van der Waals surface area contributed by atoms with Gasteiger partial charge in [-0.05, 0) is 34.9 Å². The first kappa shape index (κ1) is 22.3. The van der Waals surface area contributed by atoms with Gasteiger partial charge in [0, 0.05) is 38.8 Å². The fourth-order valence-electron chi connectivity index (χ4n) is 4.00. The fraction of sp³-hybridized carbons (Fsp3) is 0.269. The van der Waals surface area contributed by atoms with Crippen molar-refractivity contribution in [3.8, 4) is 22.8 Å². The van der Waals surface area contributed by atoms with Crippen LogP contribution < -0.4 is 9.47 Å². The molecule has 1 aromatic heterocycles. The average molecular weight is 446 g/mol. The summed E-state index contributed by atoms with van der Waals surface area (Å²) >= 11 is 0. The quantitative estimate of drug-likeness (QED) is 0.582. The van der Waals surface area contributed by atoms with Gasteiger partial charge in [0.25, 0.3) is 5.91 Å². The maximum Gasteiger partial charge on any atom is 0.256 e. The first-order valence-electron chi connectivity index (χ1n) is 10.8. The molecule has 4 rings (SSSR count). The van der Waals surface area contributed by atoms with E-state index in [0.717, 1.165) is 22.4 Å². The number of hydrogen-bond acceptors (Lipinski definition) is 5. The number of ether oxygens (including phenoxy) is 2. The van der Waals surface area contributed by atoms with Gasteiger partial charge in [0.15, 0.2) is 0 Å². The summed E-state index contributed by atoms with van der Waals surface area (Å²) in [5, 5.41) is 0. The van der Waals surface area contributed by atoms with E-state index in [1.54, 1.807) is 36.1 Å². The van der Waals surface area contributed by atoms with Crippen molar-refractivity contribution in [3.63, 3.8) is 0 Å². The summed E-state index contributed by atoms with van der Waals surface area (Å²) in [7, 11) is 4.95. The lowest BCUT2D eigenvalue weighted by Crippen LogP contribution is -2.58. The third-order valence-electron chi connectivity index (χ3n) is 5.95. The van der Waals surface area contributed by atoms with Crippen LogP contribution in [-0.2, 0) is 11.2 Å². The molecule has 170 valence electrons. The van der Waals surface area contributed by atoms with Gasteiger partial charge in [0.1, 0.15) is 11.8 Å². The second-order valence-electron chi connectivity index (χ2n) is 8.00. The molecule has 0 saturated carbocycles. The van der Waals surface area contributed by atoms with E-state index in [1.807, 2.05) is 48.5 Å². The number of amides is 2. The van der Waals surface area contributed by atoms with Crippen molar-refractivity contribution in [1.82, 2.24) is 14.8 Å². The van der Waals surface area contributed by atoms with Crippen LogP contribution in [0.1, 0.15) is 15.9 Å². The summed E-state index contributed by atoms with van der Waals surface area (Å²) in [4.78, 5) is 33.7. The van der Waals surface area contributed by atoms with Crippen LogP contribution in [0.4, 0.5) is 0 Å². The summed E-state index contributed by atoms with van der Waals surface area (Å²) in [6.45, 7) is 0.971. The molecule has 0 radical (unpaired) electrons. The number of aromatic nitrogens is 1. The molecule has 0 unspecified atom stereocenters. The van der Waals surface area contributed by atoms with Crippen LogP contribution in [-0.4, -0.2) is 67.0 Å². The Kier molecular flexibility index (Phi) is 6.58. The van der Waals surface area contributed by atoms with Gasteiger partial charge in [-0.15, -0.1) is 0 Å². The average Bonchev–Trinajstić information content (AvgIpc) is 2.87. The van der Waals surface area contributed by atoms with E-state index in [2.05, 4.69) is 4.98 Å². The van der Waals surface area contributed by atoms with Crippen molar-refractivity contribution in [1.29, 1.82) is 0 Å². The van der Waals surface area contributed by atoms with Crippen LogP contribution in [0.5, 0.6) is 11.6 Å². The van der Waals surface area contributed by atoms with Crippen molar-refractivity contribution in [2.75, 3.05) is 34.4 Å². The highest BCUT2D eigenvalue weighted by Crippen LogP contribution is 2.25. The highest BCUT2D eigenvalue weighted by atomic mass is 16.5. The molecule has 0 aliphatic carbocycles. The lowest BCUT2D eigenvalue weighted by molar-refractivity contribution is -0.138. The van der Waals surface area contributed by atoms with Gasteiger partial charge in [-0.25, -0.2) is 4.98 Å². The number of pyridine rings is 1.